The first-order valence-electron chi connectivity index (χ1n) is 2.26. The summed E-state index contributed by atoms with van der Waals surface area (Å²) in [7, 11) is 0. The van der Waals surface area contributed by atoms with Crippen molar-refractivity contribution in [3.63, 3.8) is 0 Å². The Morgan fingerprint density at radius 1 is 1.50 bits per heavy atom. The third kappa shape index (κ3) is 3.14. The lowest BCUT2D eigenvalue weighted by molar-refractivity contribution is 0.221. The van der Waals surface area contributed by atoms with Crippen LogP contribution in [0.25, 0.3) is 0 Å². The van der Waals surface area contributed by atoms with E-state index in [1.165, 1.54) is 0 Å². The average Bonchev–Trinajstić information content (AvgIpc) is 1.83. The quantitative estimate of drug-likeness (QED) is 0.515. The van der Waals surface area contributed by atoms with Gasteiger partial charge in [0, 0.05) is 6.42 Å². The predicted molar refractivity (Wildman–Crippen MR) is 26.5 cm³/mol. The fraction of sp³-hybridized carbons (Fsp3) is 0.600. The summed E-state index contributed by atoms with van der Waals surface area (Å²) in [4.78, 5) is 0. The SMILES string of the molecule is N#CCCC(O)C#N. The van der Waals surface area contributed by atoms with Gasteiger partial charge in [0.1, 0.15) is 6.10 Å². The minimum atomic E-state index is -0.963. The van der Waals surface area contributed by atoms with Crippen molar-refractivity contribution in [1.82, 2.24) is 0 Å². The van der Waals surface area contributed by atoms with Crippen LogP contribution >= 0.6 is 0 Å². The van der Waals surface area contributed by atoms with Crippen LogP contribution in [0.15, 0.2) is 0 Å². The number of rotatable bonds is 2. The fourth-order valence-corrected chi connectivity index (χ4v) is 0.266. The zero-order valence-corrected chi connectivity index (χ0v) is 4.33. The van der Waals surface area contributed by atoms with E-state index in [4.69, 9.17) is 15.6 Å². The lowest BCUT2D eigenvalue weighted by Crippen LogP contribution is -2.00. The summed E-state index contributed by atoms with van der Waals surface area (Å²) in [5, 5.41) is 24.4. The van der Waals surface area contributed by atoms with Gasteiger partial charge in [0.25, 0.3) is 0 Å². The molecule has 8 heavy (non-hydrogen) atoms. The van der Waals surface area contributed by atoms with Gasteiger partial charge in [0.15, 0.2) is 0 Å². The largest absolute Gasteiger partial charge is 0.378 e. The summed E-state index contributed by atoms with van der Waals surface area (Å²) >= 11 is 0. The van der Waals surface area contributed by atoms with E-state index in [0.717, 1.165) is 0 Å². The minimum absolute atomic E-state index is 0.245. The molecule has 0 radical (unpaired) electrons. The van der Waals surface area contributed by atoms with Crippen molar-refractivity contribution >= 4 is 0 Å². The summed E-state index contributed by atoms with van der Waals surface area (Å²) in [5.41, 5.74) is 0. The molecule has 3 heteroatoms. The Kier molecular flexibility index (Phi) is 3.56. The van der Waals surface area contributed by atoms with Crippen LogP contribution in [0.2, 0.25) is 0 Å². The first-order valence-corrected chi connectivity index (χ1v) is 2.26. The second-order valence-corrected chi connectivity index (χ2v) is 1.34. The molecular formula is C5H6N2O. The van der Waals surface area contributed by atoms with E-state index in [1.54, 1.807) is 6.07 Å². The van der Waals surface area contributed by atoms with Crippen molar-refractivity contribution in [3.8, 4) is 12.1 Å². The van der Waals surface area contributed by atoms with Crippen molar-refractivity contribution in [1.29, 1.82) is 10.5 Å². The first-order chi connectivity index (χ1) is 3.81. The van der Waals surface area contributed by atoms with Crippen LogP contribution in [0.4, 0.5) is 0 Å². The molecule has 0 aliphatic heterocycles. The molecule has 0 fully saturated rings. The van der Waals surface area contributed by atoms with E-state index in [0.29, 0.717) is 0 Å². The Morgan fingerprint density at radius 2 is 2.12 bits per heavy atom. The van der Waals surface area contributed by atoms with Gasteiger partial charge < -0.3 is 5.11 Å². The molecule has 0 aliphatic carbocycles. The molecule has 0 saturated carbocycles. The molecule has 42 valence electrons. The van der Waals surface area contributed by atoms with Gasteiger partial charge >= 0.3 is 0 Å². The normalized spacial score (nSPS) is 11.4. The summed E-state index contributed by atoms with van der Waals surface area (Å²) in [6.07, 6.45) is -0.462. The second kappa shape index (κ2) is 4.11. The molecule has 0 spiro atoms. The Hall–Kier alpha value is -1.06. The summed E-state index contributed by atoms with van der Waals surface area (Å²) in [5.74, 6) is 0. The van der Waals surface area contributed by atoms with Crippen LogP contribution < -0.4 is 0 Å². The number of hydrogen-bond acceptors (Lipinski definition) is 3. The van der Waals surface area contributed by atoms with Gasteiger partial charge in [-0.05, 0) is 6.42 Å². The van der Waals surface area contributed by atoms with Crippen molar-refractivity contribution in [2.75, 3.05) is 0 Å². The van der Waals surface area contributed by atoms with E-state index in [9.17, 15) is 0 Å². The summed E-state index contributed by atoms with van der Waals surface area (Å²) < 4.78 is 0. The molecule has 0 aromatic heterocycles. The van der Waals surface area contributed by atoms with E-state index < -0.39 is 6.10 Å². The Labute approximate surface area is 47.8 Å². The van der Waals surface area contributed by atoms with Gasteiger partial charge in [-0.25, -0.2) is 0 Å². The zero-order chi connectivity index (χ0) is 6.41. The third-order valence-corrected chi connectivity index (χ3v) is 0.679. The van der Waals surface area contributed by atoms with Gasteiger partial charge in [-0.2, -0.15) is 10.5 Å². The molecule has 1 unspecified atom stereocenters. The van der Waals surface area contributed by atoms with Crippen molar-refractivity contribution in [2.24, 2.45) is 0 Å². The summed E-state index contributed by atoms with van der Waals surface area (Å²) in [6.45, 7) is 0. The molecule has 0 aliphatic rings. The lowest BCUT2D eigenvalue weighted by Gasteiger charge is -1.91. The van der Waals surface area contributed by atoms with E-state index in [1.807, 2.05) is 6.07 Å². The number of aliphatic hydroxyl groups excluding tert-OH is 1. The van der Waals surface area contributed by atoms with E-state index in [2.05, 4.69) is 0 Å². The molecule has 3 nitrogen and oxygen atoms in total. The highest BCUT2D eigenvalue weighted by molar-refractivity contribution is 4.84. The summed E-state index contributed by atoms with van der Waals surface area (Å²) in [6, 6.07) is 3.43. The molecule has 0 rings (SSSR count). The molecule has 0 aromatic rings. The highest BCUT2D eigenvalue weighted by atomic mass is 16.3. The maximum atomic E-state index is 8.48. The maximum Gasteiger partial charge on any atom is 0.141 e. The van der Waals surface area contributed by atoms with Gasteiger partial charge in [-0.1, -0.05) is 0 Å². The number of nitrogens with zero attached hydrogens (tertiary/aromatic N) is 2. The van der Waals surface area contributed by atoms with Crippen LogP contribution in [-0.2, 0) is 0 Å². The first kappa shape index (κ1) is 6.94. The van der Waals surface area contributed by atoms with Crippen LogP contribution in [-0.4, -0.2) is 11.2 Å². The van der Waals surface area contributed by atoms with Gasteiger partial charge in [0.05, 0.1) is 12.1 Å². The Morgan fingerprint density at radius 3 is 2.50 bits per heavy atom. The maximum absolute atomic E-state index is 8.48. The molecule has 0 amide bonds. The zero-order valence-electron chi connectivity index (χ0n) is 4.33. The van der Waals surface area contributed by atoms with Crippen molar-refractivity contribution in [2.45, 2.75) is 18.9 Å². The highest BCUT2D eigenvalue weighted by Gasteiger charge is 1.97. The van der Waals surface area contributed by atoms with Crippen LogP contribution in [0.1, 0.15) is 12.8 Å². The second-order valence-electron chi connectivity index (χ2n) is 1.34. The third-order valence-electron chi connectivity index (χ3n) is 0.679. The standard InChI is InChI=1S/C5H6N2O/c6-3-1-2-5(8)4-7/h5,8H,1-2H2. The molecule has 1 N–H and O–H groups in total. The van der Waals surface area contributed by atoms with Crippen LogP contribution in [0.3, 0.4) is 0 Å². The average molecular weight is 110 g/mol. The monoisotopic (exact) mass is 110 g/mol. The molecule has 0 aromatic carbocycles. The molecule has 0 saturated heterocycles. The number of hydrogen-bond donors (Lipinski definition) is 1. The Bertz CT molecular complexity index is 130. The number of aliphatic hydroxyl groups is 1. The van der Waals surface area contributed by atoms with Gasteiger partial charge in [-0.3, -0.25) is 0 Å². The van der Waals surface area contributed by atoms with E-state index in [-0.39, 0.29) is 12.8 Å². The Balaban J connectivity index is 3.18. The highest BCUT2D eigenvalue weighted by Crippen LogP contribution is 1.91. The topological polar surface area (TPSA) is 67.8 Å². The van der Waals surface area contributed by atoms with Crippen LogP contribution in [0.5, 0.6) is 0 Å². The van der Waals surface area contributed by atoms with Crippen molar-refractivity contribution < 1.29 is 5.11 Å². The fourth-order valence-electron chi connectivity index (χ4n) is 0.266. The molecule has 0 bridgehead atoms. The molecular weight excluding hydrogens is 104 g/mol. The predicted octanol–water partition coefficient (Wildman–Crippen LogP) is 0.175. The van der Waals surface area contributed by atoms with Crippen molar-refractivity contribution in [3.05, 3.63) is 0 Å². The van der Waals surface area contributed by atoms with Gasteiger partial charge in [0.2, 0.25) is 0 Å². The lowest BCUT2D eigenvalue weighted by atomic mass is 10.2. The molecule has 1 atom stereocenters. The van der Waals surface area contributed by atoms with Gasteiger partial charge in [-0.15, -0.1) is 0 Å². The smallest absolute Gasteiger partial charge is 0.141 e. The number of nitriles is 2. The van der Waals surface area contributed by atoms with E-state index >= 15 is 0 Å². The van der Waals surface area contributed by atoms with Crippen LogP contribution in [0, 0.1) is 22.7 Å². The minimum Gasteiger partial charge on any atom is -0.378 e. The molecule has 0 heterocycles.